The van der Waals surface area contributed by atoms with Crippen LogP contribution in [0.5, 0.6) is 0 Å². The Morgan fingerprint density at radius 3 is 1.30 bits per heavy atom. The van der Waals surface area contributed by atoms with E-state index >= 15 is 0 Å². The monoisotopic (exact) mass is 278 g/mol. The third kappa shape index (κ3) is 5.11. The van der Waals surface area contributed by atoms with Crippen molar-refractivity contribution in [2.75, 3.05) is 13.2 Å². The highest BCUT2D eigenvalue weighted by Gasteiger charge is 2.30. The second kappa shape index (κ2) is 9.15. The van der Waals surface area contributed by atoms with Gasteiger partial charge in [-0.15, -0.1) is 0 Å². The summed E-state index contributed by atoms with van der Waals surface area (Å²) in [4.78, 5) is 0. The molecule has 0 N–H and O–H groups in total. The molecule has 0 bridgehead atoms. The van der Waals surface area contributed by atoms with E-state index in [1.165, 1.54) is 51.4 Å². The van der Waals surface area contributed by atoms with Gasteiger partial charge < -0.3 is 9.31 Å². The van der Waals surface area contributed by atoms with E-state index in [9.17, 15) is 0 Å². The van der Waals surface area contributed by atoms with Crippen LogP contribution >= 0.6 is 0 Å². The second-order valence-electron chi connectivity index (χ2n) is 6.88. The van der Waals surface area contributed by atoms with Crippen molar-refractivity contribution in [1.82, 2.24) is 0 Å². The van der Waals surface area contributed by atoms with Crippen molar-refractivity contribution in [3.05, 3.63) is 0 Å². The molecule has 2 saturated carbocycles. The van der Waals surface area contributed by atoms with Gasteiger partial charge >= 0.3 is 0 Å². The lowest BCUT2D eigenvalue weighted by Gasteiger charge is -2.37. The molecule has 0 atom stereocenters. The highest BCUT2D eigenvalue weighted by atomic mass is 16.4. The van der Waals surface area contributed by atoms with Gasteiger partial charge in [0, 0.05) is 13.2 Å². The van der Waals surface area contributed by atoms with Crippen LogP contribution in [0.25, 0.3) is 0 Å². The van der Waals surface area contributed by atoms with Crippen molar-refractivity contribution in [2.45, 2.75) is 65.0 Å². The first kappa shape index (κ1) is 16.4. The van der Waals surface area contributed by atoms with Gasteiger partial charge in [0.05, 0.1) is 0 Å². The van der Waals surface area contributed by atoms with Gasteiger partial charge in [0.2, 0.25) is 0 Å². The Kier molecular flexibility index (Phi) is 7.51. The fraction of sp³-hybridized carbons (Fsp3) is 1.00. The summed E-state index contributed by atoms with van der Waals surface area (Å²) < 4.78 is 11.2. The lowest BCUT2D eigenvalue weighted by molar-refractivity contribution is 0.112. The van der Waals surface area contributed by atoms with Crippen LogP contribution in [0.4, 0.5) is 0 Å². The number of rotatable bonds is 7. The van der Waals surface area contributed by atoms with E-state index in [2.05, 4.69) is 13.6 Å². The Hall–Kier alpha value is 0.0499. The molecule has 0 aliphatic heterocycles. The Labute approximate surface area is 126 Å². The van der Waals surface area contributed by atoms with Gasteiger partial charge in [0.1, 0.15) is 0 Å². The zero-order valence-electron chi connectivity index (χ0n) is 13.6. The lowest BCUT2D eigenvalue weighted by Crippen LogP contribution is -2.28. The van der Waals surface area contributed by atoms with Gasteiger partial charge in [-0.05, 0) is 75.0 Å². The zero-order chi connectivity index (χ0) is 14.2. The van der Waals surface area contributed by atoms with Crippen LogP contribution in [0.3, 0.4) is 0 Å². The molecule has 2 rings (SSSR count). The van der Waals surface area contributed by atoms with Crippen LogP contribution in [-0.2, 0) is 9.31 Å². The molecule has 2 fully saturated rings. The van der Waals surface area contributed by atoms with Gasteiger partial charge in [-0.25, -0.2) is 0 Å². The lowest BCUT2D eigenvalue weighted by atomic mass is 9.69. The maximum Gasteiger partial charge on any atom is 0.271 e. The first-order valence-electron chi connectivity index (χ1n) is 8.98. The molecule has 20 heavy (non-hydrogen) atoms. The molecule has 2 aliphatic rings. The van der Waals surface area contributed by atoms with E-state index in [4.69, 9.17) is 9.31 Å². The molecule has 0 amide bonds. The van der Waals surface area contributed by atoms with Crippen molar-refractivity contribution in [1.29, 1.82) is 0 Å². The van der Waals surface area contributed by atoms with E-state index in [1.807, 2.05) is 0 Å². The standard InChI is InChI=1S/C16H32B2O2/c1-17-19-11-13-3-7-15(8-4-13)16-9-5-14(6-10-16)12-20-18-2/h13-18H,3-12H2,1-2H3. The van der Waals surface area contributed by atoms with Crippen molar-refractivity contribution in [3.8, 4) is 0 Å². The van der Waals surface area contributed by atoms with Crippen molar-refractivity contribution >= 4 is 15.0 Å². The minimum Gasteiger partial charge on any atom is -0.439 e. The molecular weight excluding hydrogens is 246 g/mol. The average Bonchev–Trinajstić information content (AvgIpc) is 2.52. The van der Waals surface area contributed by atoms with E-state index in [-0.39, 0.29) is 0 Å². The smallest absolute Gasteiger partial charge is 0.271 e. The topological polar surface area (TPSA) is 18.5 Å². The molecule has 0 aromatic carbocycles. The van der Waals surface area contributed by atoms with Gasteiger partial charge in [-0.2, -0.15) is 0 Å². The van der Waals surface area contributed by atoms with E-state index < -0.39 is 0 Å². The van der Waals surface area contributed by atoms with Gasteiger partial charge in [-0.3, -0.25) is 0 Å². The molecule has 0 aromatic heterocycles. The highest BCUT2D eigenvalue weighted by Crippen LogP contribution is 2.41. The number of hydrogen-bond donors (Lipinski definition) is 0. The first-order valence-corrected chi connectivity index (χ1v) is 8.98. The van der Waals surface area contributed by atoms with Crippen LogP contribution in [-0.4, -0.2) is 28.2 Å². The van der Waals surface area contributed by atoms with Gasteiger partial charge in [0.15, 0.2) is 0 Å². The van der Waals surface area contributed by atoms with E-state index in [1.54, 1.807) is 0 Å². The summed E-state index contributed by atoms with van der Waals surface area (Å²) in [6.07, 6.45) is 11.5. The molecule has 0 unspecified atom stereocenters. The molecule has 2 nitrogen and oxygen atoms in total. The third-order valence-corrected chi connectivity index (χ3v) is 5.56. The fourth-order valence-electron chi connectivity index (χ4n) is 4.22. The Morgan fingerprint density at radius 1 is 0.650 bits per heavy atom. The van der Waals surface area contributed by atoms with Crippen LogP contribution in [0, 0.1) is 23.7 Å². The summed E-state index contributed by atoms with van der Waals surface area (Å²) in [5, 5.41) is 0. The van der Waals surface area contributed by atoms with Crippen LogP contribution in [0.2, 0.25) is 13.6 Å². The quantitative estimate of drug-likeness (QED) is 0.664. The molecule has 0 aromatic rings. The van der Waals surface area contributed by atoms with Crippen LogP contribution < -0.4 is 0 Å². The second-order valence-corrected chi connectivity index (χ2v) is 6.88. The minimum atomic E-state index is 0.848. The zero-order valence-corrected chi connectivity index (χ0v) is 13.6. The Bertz CT molecular complexity index is 221. The van der Waals surface area contributed by atoms with E-state index in [0.717, 1.165) is 51.9 Å². The summed E-state index contributed by atoms with van der Waals surface area (Å²) in [6, 6.07) is 0. The predicted octanol–water partition coefficient (Wildman–Crippen LogP) is 3.43. The number of hydrogen-bond acceptors (Lipinski definition) is 2. The molecule has 4 heteroatoms. The summed E-state index contributed by atoms with van der Waals surface area (Å²) in [5.41, 5.74) is 0. The van der Waals surface area contributed by atoms with Crippen molar-refractivity contribution in [2.24, 2.45) is 23.7 Å². The Morgan fingerprint density at radius 2 is 1.00 bits per heavy atom. The molecule has 2 aliphatic carbocycles. The SMILES string of the molecule is CBOCC1CCC(C2CCC(COBC)CC2)CC1. The highest BCUT2D eigenvalue weighted by molar-refractivity contribution is 6.24. The summed E-state index contributed by atoms with van der Waals surface area (Å²) in [5.74, 6) is 3.72. The molecule has 0 spiro atoms. The summed E-state index contributed by atoms with van der Waals surface area (Å²) >= 11 is 0. The molecule has 0 saturated heterocycles. The fourth-order valence-corrected chi connectivity index (χ4v) is 4.22. The normalized spacial score (nSPS) is 34.7. The predicted molar refractivity (Wildman–Crippen MR) is 88.8 cm³/mol. The molecule has 0 heterocycles. The first-order chi connectivity index (χ1) is 9.83. The molecular formula is C16H32B2O2. The van der Waals surface area contributed by atoms with E-state index in [0.29, 0.717) is 0 Å². The van der Waals surface area contributed by atoms with Gasteiger partial charge in [-0.1, -0.05) is 13.6 Å². The largest absolute Gasteiger partial charge is 0.439 e. The third-order valence-electron chi connectivity index (χ3n) is 5.56. The van der Waals surface area contributed by atoms with Crippen molar-refractivity contribution < 1.29 is 9.31 Å². The molecule has 114 valence electrons. The average molecular weight is 278 g/mol. The summed E-state index contributed by atoms with van der Waals surface area (Å²) in [7, 11) is 1.76. The Balaban J connectivity index is 1.63. The molecule has 0 radical (unpaired) electrons. The van der Waals surface area contributed by atoms with Crippen molar-refractivity contribution in [3.63, 3.8) is 0 Å². The maximum atomic E-state index is 5.59. The summed E-state index contributed by atoms with van der Waals surface area (Å²) in [6.45, 7) is 6.22. The van der Waals surface area contributed by atoms with Crippen LogP contribution in [0.1, 0.15) is 51.4 Å². The van der Waals surface area contributed by atoms with Gasteiger partial charge in [0.25, 0.3) is 15.0 Å². The minimum absolute atomic E-state index is 0.848. The van der Waals surface area contributed by atoms with Crippen LogP contribution in [0.15, 0.2) is 0 Å². The maximum absolute atomic E-state index is 5.59.